The molecule has 0 unspecified atom stereocenters. The monoisotopic (exact) mass is 293 g/mol. The van der Waals surface area contributed by atoms with Crippen LogP contribution in [0.4, 0.5) is 0 Å². The maximum atomic E-state index is 9.00. The summed E-state index contributed by atoms with van der Waals surface area (Å²) in [6.07, 6.45) is 1.68. The quantitative estimate of drug-likeness (QED) is 0.943. The summed E-state index contributed by atoms with van der Waals surface area (Å²) in [5.74, 6) is 1.39. The van der Waals surface area contributed by atoms with Crippen molar-refractivity contribution in [3.8, 4) is 11.5 Å². The van der Waals surface area contributed by atoms with Gasteiger partial charge in [-0.25, -0.2) is 0 Å². The fourth-order valence-corrected chi connectivity index (χ4v) is 1.87. The van der Waals surface area contributed by atoms with Crippen LogP contribution in [-0.2, 0) is 6.61 Å². The first-order valence-electron chi connectivity index (χ1n) is 5.19. The van der Waals surface area contributed by atoms with Crippen LogP contribution in [-0.4, -0.2) is 10.1 Å². The molecule has 0 aliphatic rings. The van der Waals surface area contributed by atoms with E-state index in [-0.39, 0.29) is 6.61 Å². The minimum Gasteiger partial charge on any atom is -0.455 e. The highest BCUT2D eigenvalue weighted by atomic mass is 79.9. The molecule has 0 aliphatic heterocycles. The van der Waals surface area contributed by atoms with Gasteiger partial charge in [-0.2, -0.15) is 0 Å². The van der Waals surface area contributed by atoms with Gasteiger partial charge in [0.25, 0.3) is 0 Å². The Morgan fingerprint density at radius 2 is 2.12 bits per heavy atom. The number of aliphatic hydroxyl groups excluding tert-OH is 1. The van der Waals surface area contributed by atoms with Crippen LogP contribution in [0.1, 0.15) is 11.3 Å². The molecular formula is C13H12BrNO2. The Labute approximate surface area is 108 Å². The number of benzene rings is 1. The van der Waals surface area contributed by atoms with Gasteiger partial charge in [0.1, 0.15) is 11.5 Å². The summed E-state index contributed by atoms with van der Waals surface area (Å²) in [5, 5.41) is 9.00. The summed E-state index contributed by atoms with van der Waals surface area (Å²) >= 11 is 3.40. The van der Waals surface area contributed by atoms with Gasteiger partial charge in [-0.05, 0) is 52.7 Å². The Kier molecular flexibility index (Phi) is 3.76. The molecule has 1 heterocycles. The predicted octanol–water partition coefficient (Wildman–Crippen LogP) is 3.44. The summed E-state index contributed by atoms with van der Waals surface area (Å²) in [5.41, 5.74) is 1.79. The number of halogens is 1. The van der Waals surface area contributed by atoms with Crippen LogP contribution in [0.15, 0.2) is 41.0 Å². The van der Waals surface area contributed by atoms with E-state index in [0.29, 0.717) is 11.5 Å². The highest BCUT2D eigenvalue weighted by Gasteiger charge is 2.04. The molecule has 0 saturated heterocycles. The standard InChI is InChI=1S/C13H12BrNO2/c1-9-2-4-11(7-15-9)17-13-5-3-10(8-16)6-12(13)14/h2-7,16H,8H2,1H3. The van der Waals surface area contributed by atoms with E-state index in [1.807, 2.05) is 37.3 Å². The second-order valence-corrected chi connectivity index (χ2v) is 4.51. The van der Waals surface area contributed by atoms with E-state index in [1.165, 1.54) is 0 Å². The van der Waals surface area contributed by atoms with Crippen molar-refractivity contribution in [1.82, 2.24) is 4.98 Å². The van der Waals surface area contributed by atoms with Gasteiger partial charge in [0.15, 0.2) is 0 Å². The van der Waals surface area contributed by atoms with E-state index < -0.39 is 0 Å². The lowest BCUT2D eigenvalue weighted by Gasteiger charge is -2.08. The van der Waals surface area contributed by atoms with E-state index in [9.17, 15) is 0 Å². The number of hydrogen-bond donors (Lipinski definition) is 1. The zero-order valence-electron chi connectivity index (χ0n) is 9.35. The lowest BCUT2D eigenvalue weighted by molar-refractivity contribution is 0.281. The van der Waals surface area contributed by atoms with Crippen molar-refractivity contribution in [2.75, 3.05) is 0 Å². The largest absolute Gasteiger partial charge is 0.455 e. The Bertz CT molecular complexity index is 511. The molecule has 1 aromatic carbocycles. The molecule has 2 rings (SSSR count). The molecular weight excluding hydrogens is 282 g/mol. The van der Waals surface area contributed by atoms with Crippen molar-refractivity contribution in [3.63, 3.8) is 0 Å². The second-order valence-electron chi connectivity index (χ2n) is 3.66. The Hall–Kier alpha value is -1.39. The third kappa shape index (κ3) is 3.05. The third-order valence-corrected chi connectivity index (χ3v) is 2.91. The zero-order valence-corrected chi connectivity index (χ0v) is 10.9. The molecule has 0 spiro atoms. The van der Waals surface area contributed by atoms with Crippen LogP contribution in [0.5, 0.6) is 11.5 Å². The second kappa shape index (κ2) is 5.29. The maximum absolute atomic E-state index is 9.00. The van der Waals surface area contributed by atoms with Gasteiger partial charge in [-0.1, -0.05) is 6.07 Å². The number of aromatic nitrogens is 1. The first-order chi connectivity index (χ1) is 8.19. The van der Waals surface area contributed by atoms with Crippen LogP contribution < -0.4 is 4.74 Å². The summed E-state index contributed by atoms with van der Waals surface area (Å²) in [4.78, 5) is 4.16. The molecule has 1 aromatic heterocycles. The lowest BCUT2D eigenvalue weighted by Crippen LogP contribution is -1.89. The predicted molar refractivity (Wildman–Crippen MR) is 69.1 cm³/mol. The van der Waals surface area contributed by atoms with Crippen molar-refractivity contribution in [1.29, 1.82) is 0 Å². The van der Waals surface area contributed by atoms with Crippen molar-refractivity contribution >= 4 is 15.9 Å². The molecule has 0 fully saturated rings. The molecule has 0 aliphatic carbocycles. The number of aliphatic hydroxyl groups is 1. The zero-order chi connectivity index (χ0) is 12.3. The molecule has 3 nitrogen and oxygen atoms in total. The van der Waals surface area contributed by atoms with Gasteiger partial charge >= 0.3 is 0 Å². The molecule has 4 heteroatoms. The van der Waals surface area contributed by atoms with Gasteiger partial charge in [0.2, 0.25) is 0 Å². The summed E-state index contributed by atoms with van der Waals surface area (Å²) < 4.78 is 6.48. The third-order valence-electron chi connectivity index (χ3n) is 2.29. The van der Waals surface area contributed by atoms with Crippen LogP contribution in [0.3, 0.4) is 0 Å². The van der Waals surface area contributed by atoms with Crippen LogP contribution in [0.25, 0.3) is 0 Å². The molecule has 0 radical (unpaired) electrons. The molecule has 1 N–H and O–H groups in total. The number of ether oxygens (including phenoxy) is 1. The average molecular weight is 294 g/mol. The van der Waals surface area contributed by atoms with Gasteiger partial charge in [-0.3, -0.25) is 4.98 Å². The maximum Gasteiger partial charge on any atom is 0.145 e. The van der Waals surface area contributed by atoms with Crippen LogP contribution >= 0.6 is 15.9 Å². The van der Waals surface area contributed by atoms with E-state index in [2.05, 4.69) is 20.9 Å². The Morgan fingerprint density at radius 3 is 2.71 bits per heavy atom. The molecule has 0 amide bonds. The molecule has 0 atom stereocenters. The van der Waals surface area contributed by atoms with Crippen molar-refractivity contribution in [2.45, 2.75) is 13.5 Å². The highest BCUT2D eigenvalue weighted by molar-refractivity contribution is 9.10. The van der Waals surface area contributed by atoms with Crippen molar-refractivity contribution in [3.05, 3.63) is 52.3 Å². The van der Waals surface area contributed by atoms with Gasteiger partial charge in [0.05, 0.1) is 17.3 Å². The fraction of sp³-hybridized carbons (Fsp3) is 0.154. The molecule has 0 saturated carbocycles. The highest BCUT2D eigenvalue weighted by Crippen LogP contribution is 2.30. The molecule has 2 aromatic rings. The Balaban J connectivity index is 2.21. The smallest absolute Gasteiger partial charge is 0.145 e. The first-order valence-corrected chi connectivity index (χ1v) is 5.98. The van der Waals surface area contributed by atoms with Crippen molar-refractivity contribution < 1.29 is 9.84 Å². The number of pyridine rings is 1. The topological polar surface area (TPSA) is 42.4 Å². The Morgan fingerprint density at radius 1 is 1.29 bits per heavy atom. The van der Waals surface area contributed by atoms with E-state index >= 15 is 0 Å². The first kappa shape index (κ1) is 12.1. The van der Waals surface area contributed by atoms with Crippen LogP contribution in [0.2, 0.25) is 0 Å². The summed E-state index contributed by atoms with van der Waals surface area (Å²) in [6.45, 7) is 1.95. The fourth-order valence-electron chi connectivity index (χ4n) is 1.37. The minimum absolute atomic E-state index is 0.0188. The van der Waals surface area contributed by atoms with Gasteiger partial charge in [0, 0.05) is 5.69 Å². The summed E-state index contributed by atoms with van der Waals surface area (Å²) in [7, 11) is 0. The lowest BCUT2D eigenvalue weighted by atomic mass is 10.2. The van der Waals surface area contributed by atoms with Crippen LogP contribution in [0, 0.1) is 6.92 Å². The normalized spacial score (nSPS) is 10.3. The van der Waals surface area contributed by atoms with Gasteiger partial charge in [-0.15, -0.1) is 0 Å². The SMILES string of the molecule is Cc1ccc(Oc2ccc(CO)cc2Br)cn1. The summed E-state index contributed by atoms with van der Waals surface area (Å²) in [6, 6.07) is 9.23. The molecule has 0 bridgehead atoms. The number of aryl methyl sites for hydroxylation is 1. The molecule has 88 valence electrons. The number of rotatable bonds is 3. The van der Waals surface area contributed by atoms with Gasteiger partial charge < -0.3 is 9.84 Å². The van der Waals surface area contributed by atoms with Crippen molar-refractivity contribution in [2.24, 2.45) is 0 Å². The molecule has 17 heavy (non-hydrogen) atoms. The minimum atomic E-state index is 0.0188. The average Bonchev–Trinajstić information content (AvgIpc) is 2.34. The number of hydrogen-bond acceptors (Lipinski definition) is 3. The van der Waals surface area contributed by atoms with E-state index in [0.717, 1.165) is 15.7 Å². The van der Waals surface area contributed by atoms with E-state index in [4.69, 9.17) is 9.84 Å². The van der Waals surface area contributed by atoms with E-state index in [1.54, 1.807) is 6.20 Å². The number of nitrogens with zero attached hydrogens (tertiary/aromatic N) is 1.